The zero-order valence-corrected chi connectivity index (χ0v) is 11.3. The standard InChI is InChI=1S/C8H14N2O2Si.CH2O2/c11-6-9-5-3-1-2-4-8(13)10-7-12;2-1-3/h8H,1-5H2,13H3;1H,(H,2,3). The summed E-state index contributed by atoms with van der Waals surface area (Å²) < 4.78 is 0. The first-order chi connectivity index (χ1) is 7.72. The Labute approximate surface area is 96.9 Å². The highest BCUT2D eigenvalue weighted by Crippen LogP contribution is 2.03. The lowest BCUT2D eigenvalue weighted by atomic mass is 10.2. The van der Waals surface area contributed by atoms with Gasteiger partial charge in [0.05, 0.1) is 6.54 Å². The van der Waals surface area contributed by atoms with Gasteiger partial charge in [0.1, 0.15) is 0 Å². The number of isocyanates is 2. The number of hydrogen-bond donors (Lipinski definition) is 1. The van der Waals surface area contributed by atoms with Crippen LogP contribution in [0, 0.1) is 0 Å². The molecule has 1 N–H and O–H groups in total. The van der Waals surface area contributed by atoms with Crippen molar-refractivity contribution in [2.75, 3.05) is 6.54 Å². The number of nitrogens with zero attached hydrogens (tertiary/aromatic N) is 2. The van der Waals surface area contributed by atoms with E-state index >= 15 is 0 Å². The molecule has 0 aromatic rings. The lowest BCUT2D eigenvalue weighted by molar-refractivity contribution is -0.122. The molecule has 0 aromatic heterocycles. The summed E-state index contributed by atoms with van der Waals surface area (Å²) in [5, 5.41) is 6.89. The van der Waals surface area contributed by atoms with Crippen LogP contribution in [0.2, 0.25) is 0 Å². The van der Waals surface area contributed by atoms with Gasteiger partial charge < -0.3 is 5.11 Å². The second-order valence-electron chi connectivity index (χ2n) is 3.00. The van der Waals surface area contributed by atoms with Gasteiger partial charge in [-0.05, 0) is 12.8 Å². The molecule has 0 rings (SSSR count). The molecular weight excluding hydrogens is 228 g/mol. The molecule has 0 aromatic carbocycles. The van der Waals surface area contributed by atoms with E-state index in [2.05, 4.69) is 9.98 Å². The van der Waals surface area contributed by atoms with Crippen LogP contribution in [0.3, 0.4) is 0 Å². The summed E-state index contributed by atoms with van der Waals surface area (Å²) in [5.74, 6) is 0. The summed E-state index contributed by atoms with van der Waals surface area (Å²) >= 11 is 0. The minimum Gasteiger partial charge on any atom is -0.483 e. The van der Waals surface area contributed by atoms with Crippen LogP contribution in [0.25, 0.3) is 0 Å². The molecule has 0 heterocycles. The quantitative estimate of drug-likeness (QED) is 0.217. The maximum absolute atomic E-state index is 9.86. The fourth-order valence-corrected chi connectivity index (χ4v) is 1.52. The Hall–Kier alpha value is -1.55. The summed E-state index contributed by atoms with van der Waals surface area (Å²) in [5.41, 5.74) is 0.201. The van der Waals surface area contributed by atoms with Crippen LogP contribution >= 0.6 is 0 Å². The molecule has 0 aliphatic carbocycles. The largest absolute Gasteiger partial charge is 0.483 e. The zero-order chi connectivity index (χ0) is 12.6. The van der Waals surface area contributed by atoms with Gasteiger partial charge in [0.2, 0.25) is 12.2 Å². The van der Waals surface area contributed by atoms with E-state index in [1.54, 1.807) is 6.08 Å². The van der Waals surface area contributed by atoms with Crippen molar-refractivity contribution in [3.63, 3.8) is 0 Å². The Kier molecular flexibility index (Phi) is 16.8. The molecule has 0 saturated carbocycles. The topological polar surface area (TPSA) is 96.2 Å². The van der Waals surface area contributed by atoms with Crippen molar-refractivity contribution in [2.45, 2.75) is 31.3 Å². The predicted octanol–water partition coefficient (Wildman–Crippen LogP) is -0.389. The first-order valence-corrected chi connectivity index (χ1v) is 6.06. The lowest BCUT2D eigenvalue weighted by Crippen LogP contribution is -2.02. The summed E-state index contributed by atoms with van der Waals surface area (Å²) in [6, 6.07) is 0. The number of carboxylic acid groups (broad SMARTS) is 1. The van der Waals surface area contributed by atoms with Crippen LogP contribution in [0.5, 0.6) is 0 Å². The maximum atomic E-state index is 9.86. The summed E-state index contributed by atoms with van der Waals surface area (Å²) in [6.07, 6.45) is 6.99. The van der Waals surface area contributed by atoms with Crippen molar-refractivity contribution >= 4 is 28.9 Å². The van der Waals surface area contributed by atoms with Crippen molar-refractivity contribution in [1.82, 2.24) is 0 Å². The maximum Gasteiger partial charge on any atom is 0.290 e. The number of carbonyl (C=O) groups excluding carboxylic acids is 2. The van der Waals surface area contributed by atoms with E-state index in [-0.39, 0.29) is 12.1 Å². The lowest BCUT2D eigenvalue weighted by Gasteiger charge is -2.01. The molecule has 0 spiro atoms. The van der Waals surface area contributed by atoms with E-state index in [9.17, 15) is 9.59 Å². The van der Waals surface area contributed by atoms with Crippen LogP contribution in [-0.4, -0.2) is 46.2 Å². The Balaban J connectivity index is 0. The van der Waals surface area contributed by atoms with Crippen LogP contribution in [-0.2, 0) is 14.4 Å². The number of carbonyl (C=O) groups is 1. The van der Waals surface area contributed by atoms with Gasteiger partial charge in [0, 0.05) is 15.9 Å². The van der Waals surface area contributed by atoms with Gasteiger partial charge in [0.25, 0.3) is 6.47 Å². The highest BCUT2D eigenvalue weighted by Gasteiger charge is 1.97. The van der Waals surface area contributed by atoms with Gasteiger partial charge in [-0.15, -0.1) is 0 Å². The minimum atomic E-state index is -0.250. The van der Waals surface area contributed by atoms with Crippen molar-refractivity contribution in [3.8, 4) is 0 Å². The SMILES string of the molecule is O=C=NCCCCCC([SiH3])N=C=O.O=CO. The monoisotopic (exact) mass is 244 g/mol. The average Bonchev–Trinajstić information content (AvgIpc) is 2.25. The fraction of sp³-hybridized carbons (Fsp3) is 0.667. The molecule has 0 saturated heterocycles. The molecular formula is C9H16N2O4Si. The minimum absolute atomic E-state index is 0.201. The Bertz CT molecular complexity index is 260. The van der Waals surface area contributed by atoms with Gasteiger partial charge in [0.15, 0.2) is 0 Å². The fourth-order valence-electron chi connectivity index (χ4n) is 1.01. The first kappa shape index (κ1) is 16.9. The third kappa shape index (κ3) is 18.3. The molecule has 0 radical (unpaired) electrons. The Morgan fingerprint density at radius 2 is 1.88 bits per heavy atom. The van der Waals surface area contributed by atoms with Gasteiger partial charge in [-0.2, -0.15) is 0 Å². The number of hydrogen-bond acceptors (Lipinski definition) is 5. The van der Waals surface area contributed by atoms with Gasteiger partial charge >= 0.3 is 0 Å². The molecule has 0 aliphatic heterocycles. The summed E-state index contributed by atoms with van der Waals surface area (Å²) in [4.78, 5) is 35.0. The van der Waals surface area contributed by atoms with E-state index in [1.807, 2.05) is 0 Å². The molecule has 0 fully saturated rings. The highest BCUT2D eigenvalue weighted by atomic mass is 28.1. The molecule has 1 unspecified atom stereocenters. The zero-order valence-electron chi connectivity index (χ0n) is 9.26. The molecule has 1 atom stereocenters. The van der Waals surface area contributed by atoms with E-state index in [0.29, 0.717) is 6.54 Å². The van der Waals surface area contributed by atoms with Crippen LogP contribution in [0.4, 0.5) is 0 Å². The molecule has 0 aliphatic rings. The molecule has 6 nitrogen and oxygen atoms in total. The van der Waals surface area contributed by atoms with E-state index < -0.39 is 0 Å². The van der Waals surface area contributed by atoms with Crippen molar-refractivity contribution < 1.29 is 19.5 Å². The van der Waals surface area contributed by atoms with Gasteiger partial charge in [-0.1, -0.05) is 12.8 Å². The van der Waals surface area contributed by atoms with E-state index in [1.165, 1.54) is 6.08 Å². The molecule has 0 bridgehead atoms. The Morgan fingerprint density at radius 3 is 2.38 bits per heavy atom. The third-order valence-electron chi connectivity index (χ3n) is 1.73. The predicted molar refractivity (Wildman–Crippen MR) is 62.0 cm³/mol. The van der Waals surface area contributed by atoms with Crippen molar-refractivity contribution in [1.29, 1.82) is 0 Å². The van der Waals surface area contributed by atoms with Crippen LogP contribution in [0.1, 0.15) is 25.7 Å². The summed E-state index contributed by atoms with van der Waals surface area (Å²) in [7, 11) is 0.904. The Morgan fingerprint density at radius 1 is 1.25 bits per heavy atom. The van der Waals surface area contributed by atoms with Crippen LogP contribution < -0.4 is 0 Å². The van der Waals surface area contributed by atoms with Crippen LogP contribution in [0.15, 0.2) is 9.98 Å². The van der Waals surface area contributed by atoms with Gasteiger partial charge in [-0.25, -0.2) is 19.6 Å². The van der Waals surface area contributed by atoms with Crippen molar-refractivity contribution in [2.24, 2.45) is 9.98 Å². The second-order valence-corrected chi connectivity index (χ2v) is 4.33. The molecule has 90 valence electrons. The second kappa shape index (κ2) is 15.9. The average molecular weight is 244 g/mol. The van der Waals surface area contributed by atoms with Gasteiger partial charge in [-0.3, -0.25) is 4.79 Å². The number of rotatable bonds is 7. The summed E-state index contributed by atoms with van der Waals surface area (Å²) in [6.45, 7) is 0.312. The number of unbranched alkanes of at least 4 members (excludes halogenated alkanes) is 2. The van der Waals surface area contributed by atoms with E-state index in [0.717, 1.165) is 35.9 Å². The molecule has 16 heavy (non-hydrogen) atoms. The molecule has 0 amide bonds. The van der Waals surface area contributed by atoms with Crippen molar-refractivity contribution in [3.05, 3.63) is 0 Å². The molecule has 7 heteroatoms. The smallest absolute Gasteiger partial charge is 0.290 e. The number of aliphatic imine (C=N–C) groups is 2. The highest BCUT2D eigenvalue weighted by molar-refractivity contribution is 6.12. The van der Waals surface area contributed by atoms with E-state index in [4.69, 9.17) is 9.90 Å². The normalized spacial score (nSPS) is 10.0. The third-order valence-corrected chi connectivity index (χ3v) is 2.57. The first-order valence-electron chi connectivity index (χ1n) is 4.91.